The van der Waals surface area contributed by atoms with E-state index in [2.05, 4.69) is 25.3 Å². The van der Waals surface area contributed by atoms with Crippen LogP contribution in [0.4, 0.5) is 23.1 Å². The standard InChI is InChI=1S/C21H25N5O2S/c1-4-22-21-23-16(3)13-20(25-21)24-18-8-10-19(11-9-18)26-29(27,28)14-17-7-5-6-15(2)12-17/h5-13,26H,4,14H2,1-3H3,(H2,22,23,24,25). The molecule has 1 heterocycles. The molecule has 0 spiro atoms. The van der Waals surface area contributed by atoms with Gasteiger partial charge in [-0.3, -0.25) is 4.72 Å². The molecule has 0 fully saturated rings. The Morgan fingerprint density at radius 3 is 2.34 bits per heavy atom. The van der Waals surface area contributed by atoms with Gasteiger partial charge in [-0.15, -0.1) is 0 Å². The van der Waals surface area contributed by atoms with Crippen LogP contribution in [-0.2, 0) is 15.8 Å². The second-order valence-electron chi connectivity index (χ2n) is 6.80. The molecular weight excluding hydrogens is 386 g/mol. The van der Waals surface area contributed by atoms with Gasteiger partial charge in [-0.2, -0.15) is 4.98 Å². The van der Waals surface area contributed by atoms with Gasteiger partial charge >= 0.3 is 0 Å². The number of benzene rings is 2. The number of aryl methyl sites for hydroxylation is 2. The maximum atomic E-state index is 12.4. The number of anilines is 4. The van der Waals surface area contributed by atoms with Crippen LogP contribution in [0.15, 0.2) is 54.6 Å². The average Bonchev–Trinajstić information content (AvgIpc) is 2.62. The van der Waals surface area contributed by atoms with Crippen LogP contribution in [0.25, 0.3) is 0 Å². The van der Waals surface area contributed by atoms with Gasteiger partial charge in [-0.25, -0.2) is 13.4 Å². The molecule has 152 valence electrons. The molecule has 7 nitrogen and oxygen atoms in total. The molecule has 0 aliphatic carbocycles. The van der Waals surface area contributed by atoms with Crippen LogP contribution in [0, 0.1) is 13.8 Å². The Hall–Kier alpha value is -3.13. The van der Waals surface area contributed by atoms with E-state index in [4.69, 9.17) is 0 Å². The highest BCUT2D eigenvalue weighted by Gasteiger charge is 2.12. The van der Waals surface area contributed by atoms with Crippen LogP contribution in [0.2, 0.25) is 0 Å². The predicted molar refractivity (Wildman–Crippen MR) is 118 cm³/mol. The molecule has 0 bridgehead atoms. The van der Waals surface area contributed by atoms with Crippen LogP contribution in [0.3, 0.4) is 0 Å². The lowest BCUT2D eigenvalue weighted by Gasteiger charge is -2.11. The quantitative estimate of drug-likeness (QED) is 0.514. The fourth-order valence-corrected chi connectivity index (χ4v) is 4.06. The maximum absolute atomic E-state index is 12.4. The van der Waals surface area contributed by atoms with E-state index in [0.29, 0.717) is 17.5 Å². The summed E-state index contributed by atoms with van der Waals surface area (Å²) in [6.07, 6.45) is 0. The fraction of sp³-hybridized carbons (Fsp3) is 0.238. The summed E-state index contributed by atoms with van der Waals surface area (Å²) in [5, 5.41) is 6.31. The highest BCUT2D eigenvalue weighted by Crippen LogP contribution is 2.20. The van der Waals surface area contributed by atoms with Gasteiger partial charge in [0.25, 0.3) is 0 Å². The summed E-state index contributed by atoms with van der Waals surface area (Å²) in [5.74, 6) is 1.17. The van der Waals surface area contributed by atoms with E-state index < -0.39 is 10.0 Å². The Kier molecular flexibility index (Phi) is 6.33. The second-order valence-corrected chi connectivity index (χ2v) is 8.52. The summed E-state index contributed by atoms with van der Waals surface area (Å²) in [6.45, 7) is 6.56. The molecular formula is C21H25N5O2S. The number of hydrogen-bond donors (Lipinski definition) is 3. The lowest BCUT2D eigenvalue weighted by atomic mass is 10.2. The fourth-order valence-electron chi connectivity index (χ4n) is 2.88. The van der Waals surface area contributed by atoms with Crippen molar-refractivity contribution in [3.63, 3.8) is 0 Å². The highest BCUT2D eigenvalue weighted by atomic mass is 32.2. The molecule has 3 N–H and O–H groups in total. The number of aromatic nitrogens is 2. The Bertz CT molecular complexity index is 1080. The summed E-state index contributed by atoms with van der Waals surface area (Å²) in [7, 11) is -3.49. The Balaban J connectivity index is 1.67. The molecule has 0 amide bonds. The van der Waals surface area contributed by atoms with Crippen molar-refractivity contribution in [2.24, 2.45) is 0 Å². The van der Waals surface area contributed by atoms with Crippen LogP contribution in [-0.4, -0.2) is 24.9 Å². The third-order valence-electron chi connectivity index (χ3n) is 4.06. The van der Waals surface area contributed by atoms with E-state index in [1.54, 1.807) is 24.3 Å². The highest BCUT2D eigenvalue weighted by molar-refractivity contribution is 7.91. The summed E-state index contributed by atoms with van der Waals surface area (Å²) < 4.78 is 27.5. The molecule has 0 aliphatic heterocycles. The third-order valence-corrected chi connectivity index (χ3v) is 5.32. The molecule has 29 heavy (non-hydrogen) atoms. The van der Waals surface area contributed by atoms with Crippen molar-refractivity contribution in [1.29, 1.82) is 0 Å². The monoisotopic (exact) mass is 411 g/mol. The van der Waals surface area contributed by atoms with Gasteiger partial charge in [-0.1, -0.05) is 29.8 Å². The minimum Gasteiger partial charge on any atom is -0.354 e. The van der Waals surface area contributed by atoms with Crippen molar-refractivity contribution in [3.8, 4) is 0 Å². The van der Waals surface area contributed by atoms with Gasteiger partial charge in [0.05, 0.1) is 5.75 Å². The molecule has 0 saturated heterocycles. The van der Waals surface area contributed by atoms with Crippen molar-refractivity contribution >= 4 is 33.2 Å². The van der Waals surface area contributed by atoms with Crippen LogP contribution in [0.1, 0.15) is 23.7 Å². The van der Waals surface area contributed by atoms with Gasteiger partial charge in [0, 0.05) is 29.7 Å². The van der Waals surface area contributed by atoms with E-state index in [1.165, 1.54) is 0 Å². The van der Waals surface area contributed by atoms with Crippen molar-refractivity contribution in [2.45, 2.75) is 26.5 Å². The third kappa shape index (κ3) is 6.18. The van der Waals surface area contributed by atoms with E-state index in [9.17, 15) is 8.42 Å². The summed E-state index contributed by atoms with van der Waals surface area (Å²) in [5.41, 5.74) is 3.94. The molecule has 3 aromatic rings. The van der Waals surface area contributed by atoms with Gasteiger partial charge in [0.1, 0.15) is 5.82 Å². The number of rotatable bonds is 8. The first-order chi connectivity index (χ1) is 13.8. The molecule has 0 radical (unpaired) electrons. The smallest absolute Gasteiger partial charge is 0.236 e. The summed E-state index contributed by atoms with van der Waals surface area (Å²) >= 11 is 0. The normalized spacial score (nSPS) is 11.1. The first kappa shape index (κ1) is 20.6. The summed E-state index contributed by atoms with van der Waals surface area (Å²) in [4.78, 5) is 8.73. The molecule has 2 aromatic carbocycles. The first-order valence-electron chi connectivity index (χ1n) is 9.35. The van der Waals surface area contributed by atoms with Crippen molar-refractivity contribution < 1.29 is 8.42 Å². The zero-order valence-corrected chi connectivity index (χ0v) is 17.5. The number of sulfonamides is 1. The van der Waals surface area contributed by atoms with Crippen molar-refractivity contribution in [1.82, 2.24) is 9.97 Å². The Morgan fingerprint density at radius 2 is 1.66 bits per heavy atom. The molecule has 3 rings (SSSR count). The molecule has 0 aliphatic rings. The Morgan fingerprint density at radius 1 is 0.931 bits per heavy atom. The SMILES string of the molecule is CCNc1nc(C)cc(Nc2ccc(NS(=O)(=O)Cc3cccc(C)c3)cc2)n1. The predicted octanol–water partition coefficient (Wildman–Crippen LogP) is 4.21. The van der Waals surface area contributed by atoms with E-state index >= 15 is 0 Å². The van der Waals surface area contributed by atoms with Crippen LogP contribution < -0.4 is 15.4 Å². The van der Waals surface area contributed by atoms with Crippen molar-refractivity contribution in [2.75, 3.05) is 21.9 Å². The van der Waals surface area contributed by atoms with E-state index in [0.717, 1.165) is 29.1 Å². The zero-order valence-electron chi connectivity index (χ0n) is 16.7. The van der Waals surface area contributed by atoms with Gasteiger partial charge in [0.2, 0.25) is 16.0 Å². The van der Waals surface area contributed by atoms with Crippen LogP contribution >= 0.6 is 0 Å². The molecule has 8 heteroatoms. The Labute approximate surface area is 171 Å². The average molecular weight is 412 g/mol. The molecule has 0 saturated carbocycles. The van der Waals surface area contributed by atoms with Gasteiger partial charge < -0.3 is 10.6 Å². The van der Waals surface area contributed by atoms with E-state index in [1.807, 2.05) is 51.1 Å². The number of nitrogens with zero attached hydrogens (tertiary/aromatic N) is 2. The van der Waals surface area contributed by atoms with Gasteiger partial charge in [-0.05, 0) is 50.6 Å². The largest absolute Gasteiger partial charge is 0.354 e. The lowest BCUT2D eigenvalue weighted by molar-refractivity contribution is 0.600. The van der Waals surface area contributed by atoms with Gasteiger partial charge in [0.15, 0.2) is 0 Å². The summed E-state index contributed by atoms with van der Waals surface area (Å²) in [6, 6.07) is 16.4. The van der Waals surface area contributed by atoms with Crippen LogP contribution in [0.5, 0.6) is 0 Å². The van der Waals surface area contributed by atoms with Crippen molar-refractivity contribution in [3.05, 3.63) is 71.4 Å². The molecule has 0 unspecified atom stereocenters. The minimum atomic E-state index is -3.49. The maximum Gasteiger partial charge on any atom is 0.236 e. The second kappa shape index (κ2) is 8.91. The lowest BCUT2D eigenvalue weighted by Crippen LogP contribution is -2.15. The van der Waals surface area contributed by atoms with E-state index in [-0.39, 0.29) is 5.75 Å². The molecule has 1 aromatic heterocycles. The first-order valence-corrected chi connectivity index (χ1v) is 11.0. The topological polar surface area (TPSA) is 96.0 Å². The zero-order chi connectivity index (χ0) is 20.9. The number of hydrogen-bond acceptors (Lipinski definition) is 6. The molecule has 0 atom stereocenters. The number of nitrogens with one attached hydrogen (secondary N) is 3. The minimum absolute atomic E-state index is 0.0674.